The summed E-state index contributed by atoms with van der Waals surface area (Å²) in [7, 11) is 0. The maximum atomic E-state index is 12.6. The molecule has 0 saturated carbocycles. The summed E-state index contributed by atoms with van der Waals surface area (Å²) in [6, 6.07) is 7.22. The maximum Gasteiger partial charge on any atom is 0.337 e. The lowest BCUT2D eigenvalue weighted by Gasteiger charge is -2.29. The largest absolute Gasteiger partial charge is 0.460 e. The molecule has 4 nitrogen and oxygen atoms in total. The molecule has 1 aliphatic rings. The Hall–Kier alpha value is -1.96. The first-order chi connectivity index (χ1) is 11.3. The van der Waals surface area contributed by atoms with Gasteiger partial charge in [-0.05, 0) is 45.4 Å². The summed E-state index contributed by atoms with van der Waals surface area (Å²) in [5.74, 6) is -1.06. The van der Waals surface area contributed by atoms with Crippen molar-refractivity contribution >= 4 is 29.2 Å². The molecule has 1 aromatic rings. The molecule has 0 saturated heterocycles. The van der Waals surface area contributed by atoms with Crippen LogP contribution in [0.25, 0.3) is 0 Å². The number of halogens is 2. The molecular formula is C18H18Cl2N2O2. The van der Waals surface area contributed by atoms with Gasteiger partial charge in [-0.15, -0.1) is 0 Å². The van der Waals surface area contributed by atoms with Crippen LogP contribution in [-0.2, 0) is 9.53 Å². The van der Waals surface area contributed by atoms with Gasteiger partial charge in [0.25, 0.3) is 0 Å². The fourth-order valence-corrected chi connectivity index (χ4v) is 3.25. The molecule has 0 spiro atoms. The molecular weight excluding hydrogens is 347 g/mol. The molecule has 1 atom stereocenters. The fourth-order valence-electron chi connectivity index (χ4n) is 2.74. The lowest BCUT2D eigenvalue weighted by atomic mass is 9.81. The Labute approximate surface area is 151 Å². The second kappa shape index (κ2) is 7.29. The summed E-state index contributed by atoms with van der Waals surface area (Å²) in [5, 5.41) is 13.6. The van der Waals surface area contributed by atoms with Crippen LogP contribution in [0, 0.1) is 11.3 Å². The van der Waals surface area contributed by atoms with Gasteiger partial charge in [-0.1, -0.05) is 29.3 Å². The topological polar surface area (TPSA) is 62.1 Å². The molecule has 1 heterocycles. The van der Waals surface area contributed by atoms with Gasteiger partial charge in [0.15, 0.2) is 0 Å². The summed E-state index contributed by atoms with van der Waals surface area (Å²) in [6.45, 7) is 7.13. The monoisotopic (exact) mass is 364 g/mol. The van der Waals surface area contributed by atoms with Crippen molar-refractivity contribution in [2.45, 2.75) is 39.7 Å². The van der Waals surface area contributed by atoms with Crippen molar-refractivity contribution in [3.05, 3.63) is 56.3 Å². The van der Waals surface area contributed by atoms with E-state index >= 15 is 0 Å². The highest BCUT2D eigenvalue weighted by molar-refractivity contribution is 6.35. The van der Waals surface area contributed by atoms with E-state index in [1.165, 1.54) is 0 Å². The van der Waals surface area contributed by atoms with Crippen LogP contribution < -0.4 is 5.32 Å². The first-order valence-electron chi connectivity index (χ1n) is 7.50. The van der Waals surface area contributed by atoms with Gasteiger partial charge < -0.3 is 10.1 Å². The Morgan fingerprint density at radius 3 is 2.50 bits per heavy atom. The van der Waals surface area contributed by atoms with Crippen LogP contribution in [0.3, 0.4) is 0 Å². The third kappa shape index (κ3) is 3.58. The van der Waals surface area contributed by atoms with E-state index in [4.69, 9.17) is 27.9 Å². The second-order valence-electron chi connectivity index (χ2n) is 5.87. The quantitative estimate of drug-likeness (QED) is 0.789. The van der Waals surface area contributed by atoms with E-state index in [2.05, 4.69) is 11.4 Å². The average Bonchev–Trinajstić information content (AvgIpc) is 2.45. The number of rotatable bonds is 3. The van der Waals surface area contributed by atoms with E-state index in [1.54, 1.807) is 45.9 Å². The van der Waals surface area contributed by atoms with Gasteiger partial charge in [-0.25, -0.2) is 4.79 Å². The van der Waals surface area contributed by atoms with Crippen molar-refractivity contribution in [2.24, 2.45) is 0 Å². The minimum absolute atomic E-state index is 0.267. The molecule has 1 aromatic carbocycles. The van der Waals surface area contributed by atoms with Gasteiger partial charge in [0.1, 0.15) is 0 Å². The van der Waals surface area contributed by atoms with Crippen molar-refractivity contribution in [1.29, 1.82) is 5.26 Å². The van der Waals surface area contributed by atoms with Gasteiger partial charge in [0.2, 0.25) is 0 Å². The maximum absolute atomic E-state index is 12.6. The summed E-state index contributed by atoms with van der Waals surface area (Å²) in [6.07, 6.45) is -0.267. The minimum atomic E-state index is -0.590. The highest BCUT2D eigenvalue weighted by atomic mass is 35.5. The number of carbonyl (C=O) groups excluding carboxylic acids is 1. The van der Waals surface area contributed by atoms with Crippen LogP contribution in [0.1, 0.15) is 39.2 Å². The Bertz CT molecular complexity index is 789. The zero-order chi connectivity index (χ0) is 18.0. The molecule has 0 radical (unpaired) electrons. The minimum Gasteiger partial charge on any atom is -0.460 e. The van der Waals surface area contributed by atoms with Gasteiger partial charge in [0, 0.05) is 21.4 Å². The molecule has 2 rings (SSSR count). The Balaban J connectivity index is 2.64. The second-order valence-corrected chi connectivity index (χ2v) is 6.71. The van der Waals surface area contributed by atoms with Crippen molar-refractivity contribution in [3.63, 3.8) is 0 Å². The normalized spacial score (nSPS) is 17.7. The van der Waals surface area contributed by atoms with Crippen LogP contribution in [0.5, 0.6) is 0 Å². The van der Waals surface area contributed by atoms with E-state index < -0.39 is 11.9 Å². The van der Waals surface area contributed by atoms with E-state index in [-0.39, 0.29) is 6.10 Å². The fraction of sp³-hybridized carbons (Fsp3) is 0.333. The highest BCUT2D eigenvalue weighted by Gasteiger charge is 2.35. The molecule has 1 aliphatic heterocycles. The molecule has 24 heavy (non-hydrogen) atoms. The average molecular weight is 365 g/mol. The van der Waals surface area contributed by atoms with Gasteiger partial charge in [-0.3, -0.25) is 0 Å². The first kappa shape index (κ1) is 18.4. The summed E-state index contributed by atoms with van der Waals surface area (Å²) >= 11 is 12.3. The third-order valence-electron chi connectivity index (χ3n) is 3.72. The number of nitrogens with one attached hydrogen (secondary N) is 1. The number of nitrogens with zero attached hydrogens (tertiary/aromatic N) is 1. The molecule has 0 amide bonds. The zero-order valence-corrected chi connectivity index (χ0v) is 15.4. The highest BCUT2D eigenvalue weighted by Crippen LogP contribution is 2.41. The van der Waals surface area contributed by atoms with E-state index in [0.717, 1.165) is 0 Å². The number of allylic oxidation sites excluding steroid dienone is 3. The number of nitriles is 1. The van der Waals surface area contributed by atoms with Gasteiger partial charge >= 0.3 is 5.97 Å². The predicted molar refractivity (Wildman–Crippen MR) is 94.6 cm³/mol. The summed E-state index contributed by atoms with van der Waals surface area (Å²) in [4.78, 5) is 12.6. The van der Waals surface area contributed by atoms with E-state index in [0.29, 0.717) is 38.1 Å². The van der Waals surface area contributed by atoms with Crippen LogP contribution in [-0.4, -0.2) is 12.1 Å². The van der Waals surface area contributed by atoms with E-state index in [1.807, 2.05) is 0 Å². The van der Waals surface area contributed by atoms with E-state index in [9.17, 15) is 10.1 Å². The van der Waals surface area contributed by atoms with Crippen molar-refractivity contribution in [1.82, 2.24) is 5.32 Å². The Kier molecular flexibility index (Phi) is 5.58. The lowest BCUT2D eigenvalue weighted by Crippen LogP contribution is -2.29. The van der Waals surface area contributed by atoms with Gasteiger partial charge in [-0.2, -0.15) is 5.26 Å². The first-order valence-corrected chi connectivity index (χ1v) is 8.26. The van der Waals surface area contributed by atoms with Gasteiger partial charge in [0.05, 0.1) is 29.2 Å². The van der Waals surface area contributed by atoms with Crippen molar-refractivity contribution in [3.8, 4) is 6.07 Å². The summed E-state index contributed by atoms with van der Waals surface area (Å²) in [5.41, 5.74) is 2.80. The standard InChI is InChI=1S/C18H18Cl2N2O2/c1-9(2)24-18(23)16-11(4)22-10(3)14(8-21)17(16)13-6-5-12(19)7-15(13)20/h5-7,9,17,22H,1-4H3. The molecule has 0 aromatic heterocycles. The van der Waals surface area contributed by atoms with Crippen LogP contribution in [0.15, 0.2) is 40.7 Å². The van der Waals surface area contributed by atoms with Crippen LogP contribution >= 0.6 is 23.2 Å². The van der Waals surface area contributed by atoms with Crippen molar-refractivity contribution < 1.29 is 9.53 Å². The number of ether oxygens (including phenoxy) is 1. The molecule has 0 aliphatic carbocycles. The Morgan fingerprint density at radius 1 is 1.29 bits per heavy atom. The molecule has 1 N–H and O–H groups in total. The molecule has 1 unspecified atom stereocenters. The van der Waals surface area contributed by atoms with Crippen molar-refractivity contribution in [2.75, 3.05) is 0 Å². The number of benzene rings is 1. The van der Waals surface area contributed by atoms with Crippen LogP contribution in [0.4, 0.5) is 0 Å². The molecule has 6 heteroatoms. The Morgan fingerprint density at radius 2 is 1.96 bits per heavy atom. The number of carbonyl (C=O) groups is 1. The number of esters is 1. The molecule has 0 bridgehead atoms. The predicted octanol–water partition coefficient (Wildman–Crippen LogP) is 4.70. The third-order valence-corrected chi connectivity index (χ3v) is 4.28. The smallest absolute Gasteiger partial charge is 0.337 e. The number of hydrogen-bond donors (Lipinski definition) is 1. The molecule has 126 valence electrons. The summed E-state index contributed by atoms with van der Waals surface area (Å²) < 4.78 is 5.37. The SMILES string of the molecule is CC1=C(C#N)C(c2ccc(Cl)cc2Cl)C(C(=O)OC(C)C)=C(C)N1. The lowest BCUT2D eigenvalue weighted by molar-refractivity contribution is -0.143. The molecule has 0 fully saturated rings. The number of dihydropyridines is 1. The number of hydrogen-bond acceptors (Lipinski definition) is 4. The van der Waals surface area contributed by atoms with Crippen LogP contribution in [0.2, 0.25) is 10.0 Å². The zero-order valence-electron chi connectivity index (χ0n) is 13.9.